The Morgan fingerprint density at radius 3 is 2.40 bits per heavy atom. The normalized spacial score (nSPS) is 15.0. The van der Waals surface area contributed by atoms with Crippen LogP contribution in [0, 0.1) is 5.82 Å². The quantitative estimate of drug-likeness (QED) is 0.172. The zero-order valence-electron chi connectivity index (χ0n) is 23.5. The van der Waals surface area contributed by atoms with Crippen LogP contribution in [0.2, 0.25) is 0 Å². The first-order chi connectivity index (χ1) is 20.5. The van der Waals surface area contributed by atoms with Gasteiger partial charge in [-0.25, -0.2) is 4.39 Å². The number of benzene rings is 3. The first kappa shape index (κ1) is 31.7. The zero-order chi connectivity index (χ0) is 31.0. The van der Waals surface area contributed by atoms with E-state index in [0.29, 0.717) is 60.9 Å². The number of nitrogen functional groups attached to an aromatic ring is 1. The molecule has 4 N–H and O–H groups in total. The number of carbonyl (C=O) groups excluding carboxylic acids is 2. The molecule has 0 radical (unpaired) electrons. The lowest BCUT2D eigenvalue weighted by Crippen LogP contribution is -2.43. The highest BCUT2D eigenvalue weighted by atomic mass is 19.4. The summed E-state index contributed by atoms with van der Waals surface area (Å²) >= 11 is 0. The van der Waals surface area contributed by atoms with Crippen LogP contribution in [0.4, 0.5) is 34.6 Å². The van der Waals surface area contributed by atoms with Gasteiger partial charge in [0.1, 0.15) is 11.9 Å². The minimum absolute atomic E-state index is 0.0910. The number of nitrogens with zero attached hydrogens (tertiary/aromatic N) is 2. The molecule has 43 heavy (non-hydrogen) atoms. The summed E-state index contributed by atoms with van der Waals surface area (Å²) in [5, 5.41) is 5.27. The number of rotatable bonds is 10. The molecule has 1 unspecified atom stereocenters. The SMILES string of the molecule is CN(CCN1CCOCC1)C(C(=O)Nc1ccc(C(F)(F)F)c(F)c1)c1ccc(C=CC(=O)Nc2ccccc2N)cc1. The Balaban J connectivity index is 1.49. The van der Waals surface area contributed by atoms with Crippen molar-refractivity contribution in [3.05, 3.63) is 95.3 Å². The minimum atomic E-state index is -4.85. The fourth-order valence-corrected chi connectivity index (χ4v) is 4.64. The van der Waals surface area contributed by atoms with E-state index in [1.54, 1.807) is 61.7 Å². The maximum atomic E-state index is 14.2. The fraction of sp³-hybridized carbons (Fsp3) is 0.290. The van der Waals surface area contributed by atoms with Crippen LogP contribution in [0.1, 0.15) is 22.7 Å². The van der Waals surface area contributed by atoms with Crippen molar-refractivity contribution in [1.29, 1.82) is 0 Å². The van der Waals surface area contributed by atoms with Crippen LogP contribution < -0.4 is 16.4 Å². The van der Waals surface area contributed by atoms with Gasteiger partial charge in [-0.2, -0.15) is 13.2 Å². The molecule has 0 saturated carbocycles. The molecule has 3 aromatic rings. The van der Waals surface area contributed by atoms with Crippen LogP contribution >= 0.6 is 0 Å². The van der Waals surface area contributed by atoms with Gasteiger partial charge in [-0.1, -0.05) is 36.4 Å². The van der Waals surface area contributed by atoms with Gasteiger partial charge < -0.3 is 21.1 Å². The van der Waals surface area contributed by atoms with Crippen LogP contribution in [0.3, 0.4) is 0 Å². The van der Waals surface area contributed by atoms with Crippen molar-refractivity contribution < 1.29 is 31.9 Å². The van der Waals surface area contributed by atoms with Gasteiger partial charge in [0.25, 0.3) is 0 Å². The fourth-order valence-electron chi connectivity index (χ4n) is 4.64. The predicted octanol–water partition coefficient (Wildman–Crippen LogP) is 5.02. The molecule has 0 bridgehead atoms. The van der Waals surface area contributed by atoms with Gasteiger partial charge >= 0.3 is 6.18 Å². The van der Waals surface area contributed by atoms with Gasteiger partial charge in [-0.15, -0.1) is 0 Å². The molecule has 0 spiro atoms. The van der Waals surface area contributed by atoms with Crippen molar-refractivity contribution in [1.82, 2.24) is 9.80 Å². The molecular weight excluding hydrogens is 566 g/mol. The van der Waals surface area contributed by atoms with Gasteiger partial charge in [-0.3, -0.25) is 19.4 Å². The summed E-state index contributed by atoms with van der Waals surface area (Å²) in [7, 11) is 1.77. The van der Waals surface area contributed by atoms with Crippen LogP contribution in [0.5, 0.6) is 0 Å². The molecule has 8 nitrogen and oxygen atoms in total. The molecule has 1 aliphatic rings. The number of alkyl halides is 3. The lowest BCUT2D eigenvalue weighted by atomic mass is 10.0. The number of anilines is 3. The molecule has 1 heterocycles. The molecule has 0 aliphatic carbocycles. The third kappa shape index (κ3) is 8.87. The smallest absolute Gasteiger partial charge is 0.397 e. The molecule has 2 amide bonds. The van der Waals surface area contributed by atoms with Crippen molar-refractivity contribution in [3.8, 4) is 0 Å². The number of carbonyl (C=O) groups is 2. The van der Waals surface area contributed by atoms with E-state index >= 15 is 0 Å². The maximum absolute atomic E-state index is 14.2. The number of nitrogens with one attached hydrogen (secondary N) is 2. The topological polar surface area (TPSA) is 99.9 Å². The minimum Gasteiger partial charge on any atom is -0.397 e. The van der Waals surface area contributed by atoms with Crippen molar-refractivity contribution in [2.75, 3.05) is 62.8 Å². The number of para-hydroxylation sites is 2. The Labute approximate surface area is 247 Å². The van der Waals surface area contributed by atoms with Gasteiger partial charge in [0.2, 0.25) is 11.8 Å². The van der Waals surface area contributed by atoms with E-state index in [9.17, 15) is 27.2 Å². The van der Waals surface area contributed by atoms with Crippen molar-refractivity contribution >= 4 is 35.0 Å². The highest BCUT2D eigenvalue weighted by Crippen LogP contribution is 2.33. The summed E-state index contributed by atoms with van der Waals surface area (Å²) in [4.78, 5) is 29.9. The van der Waals surface area contributed by atoms with Gasteiger partial charge in [0, 0.05) is 37.9 Å². The second-order valence-electron chi connectivity index (χ2n) is 10.1. The Hall–Kier alpha value is -4.26. The van der Waals surface area contributed by atoms with E-state index in [-0.39, 0.29) is 11.6 Å². The molecule has 12 heteroatoms. The van der Waals surface area contributed by atoms with Crippen molar-refractivity contribution in [3.63, 3.8) is 0 Å². The van der Waals surface area contributed by atoms with Crippen LogP contribution in [0.25, 0.3) is 6.08 Å². The average molecular weight is 600 g/mol. The molecule has 0 aromatic heterocycles. The van der Waals surface area contributed by atoms with E-state index in [4.69, 9.17) is 10.5 Å². The summed E-state index contributed by atoms with van der Waals surface area (Å²) in [6, 6.07) is 15.3. The molecule has 3 aromatic carbocycles. The Morgan fingerprint density at radius 1 is 1.05 bits per heavy atom. The number of halogens is 4. The van der Waals surface area contributed by atoms with E-state index in [0.717, 1.165) is 19.2 Å². The summed E-state index contributed by atoms with van der Waals surface area (Å²) in [5.74, 6) is -2.38. The monoisotopic (exact) mass is 599 g/mol. The maximum Gasteiger partial charge on any atom is 0.419 e. The van der Waals surface area contributed by atoms with Gasteiger partial charge in [0.15, 0.2) is 0 Å². The summed E-state index contributed by atoms with van der Waals surface area (Å²) < 4.78 is 58.6. The van der Waals surface area contributed by atoms with E-state index in [1.807, 2.05) is 4.90 Å². The second kappa shape index (κ2) is 14.3. The summed E-state index contributed by atoms with van der Waals surface area (Å²) in [5.41, 5.74) is 6.60. The Kier molecular flexibility index (Phi) is 10.5. The highest BCUT2D eigenvalue weighted by molar-refractivity contribution is 6.03. The summed E-state index contributed by atoms with van der Waals surface area (Å²) in [6.45, 7) is 3.95. The molecule has 4 rings (SSSR count). The third-order valence-corrected chi connectivity index (χ3v) is 7.00. The first-order valence-corrected chi connectivity index (χ1v) is 13.6. The highest BCUT2D eigenvalue weighted by Gasteiger charge is 2.34. The number of amides is 2. The van der Waals surface area contributed by atoms with Crippen molar-refractivity contribution in [2.24, 2.45) is 0 Å². The second-order valence-corrected chi connectivity index (χ2v) is 10.1. The largest absolute Gasteiger partial charge is 0.419 e. The number of nitrogens with two attached hydrogens (primary N) is 1. The van der Waals surface area contributed by atoms with Crippen LogP contribution in [-0.2, 0) is 20.5 Å². The third-order valence-electron chi connectivity index (χ3n) is 7.00. The standard InChI is InChI=1S/C31H33F4N5O3/c1-39(14-15-40-16-18-43-19-17-40)29(30(42)37-23-11-12-24(25(32)20-23)31(33,34)35)22-9-6-21(7-10-22)8-13-28(41)38-27-5-3-2-4-26(27)36/h2-13,20,29H,14-19,36H2,1H3,(H,37,42)(H,38,41). The van der Waals surface area contributed by atoms with Gasteiger partial charge in [0.05, 0.1) is 30.2 Å². The molecule has 1 saturated heterocycles. The number of morpholine rings is 1. The number of hydrogen-bond acceptors (Lipinski definition) is 6. The molecule has 228 valence electrons. The van der Waals surface area contributed by atoms with Crippen LogP contribution in [0.15, 0.2) is 72.8 Å². The number of ether oxygens (including phenoxy) is 1. The lowest BCUT2D eigenvalue weighted by Gasteiger charge is -2.32. The van der Waals surface area contributed by atoms with Gasteiger partial charge in [-0.05, 0) is 54.6 Å². The van der Waals surface area contributed by atoms with Crippen molar-refractivity contribution in [2.45, 2.75) is 12.2 Å². The van der Waals surface area contributed by atoms with Crippen LogP contribution in [-0.4, -0.2) is 68.1 Å². The Morgan fingerprint density at radius 2 is 1.74 bits per heavy atom. The van der Waals surface area contributed by atoms with E-state index < -0.39 is 29.5 Å². The number of likely N-dealkylation sites (N-methyl/N-ethyl adjacent to an activating group) is 1. The summed E-state index contributed by atoms with van der Waals surface area (Å²) in [6.07, 6.45) is -1.87. The first-order valence-electron chi connectivity index (χ1n) is 13.6. The zero-order valence-corrected chi connectivity index (χ0v) is 23.5. The molecule has 1 fully saturated rings. The molecule has 1 aliphatic heterocycles. The lowest BCUT2D eigenvalue weighted by molar-refractivity contribution is -0.140. The predicted molar refractivity (Wildman–Crippen MR) is 158 cm³/mol. The molecular formula is C31H33F4N5O3. The van der Waals surface area contributed by atoms with E-state index in [1.165, 1.54) is 6.08 Å². The molecule has 1 atom stereocenters. The average Bonchev–Trinajstić information content (AvgIpc) is 2.97. The Bertz CT molecular complexity index is 1440. The van der Waals surface area contributed by atoms with E-state index in [2.05, 4.69) is 15.5 Å². The number of hydrogen-bond donors (Lipinski definition) is 3.